The molecule has 40 heavy (non-hydrogen) atoms. The molecule has 0 aromatic heterocycles. The molecule has 1 spiro atoms. The van der Waals surface area contributed by atoms with Crippen molar-refractivity contribution >= 4 is 33.5 Å². The summed E-state index contributed by atoms with van der Waals surface area (Å²) in [6.07, 6.45) is 2.21. The molecule has 1 aromatic carbocycles. The third kappa shape index (κ3) is 6.37. The van der Waals surface area contributed by atoms with Crippen molar-refractivity contribution in [3.8, 4) is 0 Å². The predicted molar refractivity (Wildman–Crippen MR) is 148 cm³/mol. The van der Waals surface area contributed by atoms with E-state index in [9.17, 15) is 26.4 Å². The highest BCUT2D eigenvalue weighted by molar-refractivity contribution is 7.92. The molecule has 220 valence electrons. The van der Waals surface area contributed by atoms with Crippen LogP contribution in [0.15, 0.2) is 28.6 Å². The first kappa shape index (κ1) is 29.0. The molecular formula is C27H37F3N6O3S. The minimum Gasteiger partial charge on any atom is -0.319 e. The van der Waals surface area contributed by atoms with Crippen LogP contribution in [0, 0.1) is 5.92 Å². The van der Waals surface area contributed by atoms with Crippen LogP contribution in [0.25, 0.3) is 6.08 Å². The van der Waals surface area contributed by atoms with Crippen molar-refractivity contribution < 1.29 is 26.4 Å². The van der Waals surface area contributed by atoms with E-state index in [1.165, 1.54) is 22.9 Å². The second-order valence-electron chi connectivity index (χ2n) is 11.3. The van der Waals surface area contributed by atoms with Crippen LogP contribution >= 0.6 is 0 Å². The maximum absolute atomic E-state index is 13.9. The molecule has 4 aliphatic rings. The number of carbonyl (C=O) groups is 1. The van der Waals surface area contributed by atoms with Crippen LogP contribution in [0.2, 0.25) is 0 Å². The lowest BCUT2D eigenvalue weighted by molar-refractivity contribution is -0.137. The molecule has 13 heteroatoms. The molecule has 3 fully saturated rings. The van der Waals surface area contributed by atoms with Crippen LogP contribution in [0.4, 0.5) is 18.9 Å². The van der Waals surface area contributed by atoms with Crippen molar-refractivity contribution in [2.45, 2.75) is 56.7 Å². The number of anilines is 1. The van der Waals surface area contributed by atoms with Gasteiger partial charge in [-0.3, -0.25) is 9.79 Å². The van der Waals surface area contributed by atoms with E-state index in [2.05, 4.69) is 15.6 Å². The number of piperazine rings is 1. The molecule has 0 unspecified atom stereocenters. The summed E-state index contributed by atoms with van der Waals surface area (Å²) in [6, 6.07) is 3.81. The van der Waals surface area contributed by atoms with Crippen molar-refractivity contribution in [2.24, 2.45) is 10.9 Å². The van der Waals surface area contributed by atoms with Gasteiger partial charge in [-0.2, -0.15) is 17.5 Å². The number of amidine groups is 1. The summed E-state index contributed by atoms with van der Waals surface area (Å²) in [5.41, 5.74) is 1.22. The summed E-state index contributed by atoms with van der Waals surface area (Å²) in [5, 5.41) is 5.64. The molecule has 0 radical (unpaired) electrons. The van der Waals surface area contributed by atoms with Gasteiger partial charge in [0.25, 0.3) is 5.91 Å². The summed E-state index contributed by atoms with van der Waals surface area (Å²) in [6.45, 7) is 3.08. The first-order valence-electron chi connectivity index (χ1n) is 14.0. The zero-order chi connectivity index (χ0) is 28.5. The number of alkyl halides is 3. The van der Waals surface area contributed by atoms with Crippen LogP contribution in [-0.4, -0.2) is 86.2 Å². The molecule has 3 heterocycles. The van der Waals surface area contributed by atoms with Crippen LogP contribution in [0.5, 0.6) is 0 Å². The van der Waals surface area contributed by atoms with Crippen LogP contribution in [0.1, 0.15) is 56.1 Å². The van der Waals surface area contributed by atoms with E-state index in [0.29, 0.717) is 18.8 Å². The highest BCUT2D eigenvalue weighted by atomic mass is 32.2. The number of likely N-dealkylation sites (N-methyl/N-ethyl adjacent to an activating group) is 1. The van der Waals surface area contributed by atoms with Crippen LogP contribution in [0.3, 0.4) is 0 Å². The maximum Gasteiger partial charge on any atom is 0.417 e. The Bertz CT molecular complexity index is 1260. The Morgan fingerprint density at radius 2 is 1.73 bits per heavy atom. The maximum atomic E-state index is 13.9. The Morgan fingerprint density at radius 3 is 2.38 bits per heavy atom. The molecule has 2 N–H and O–H groups in total. The van der Waals surface area contributed by atoms with Gasteiger partial charge in [0.2, 0.25) is 10.0 Å². The SMILES string of the molecule is CN1CCN(Nc2ccc(/C=C/S(=O)(=O)N3CCC4(CC3)N=C(C3CCCCC3)NC4=O)c(C(F)(F)F)c2)CC1. The van der Waals surface area contributed by atoms with Gasteiger partial charge in [0.05, 0.1) is 5.56 Å². The molecule has 3 aliphatic heterocycles. The molecule has 0 bridgehead atoms. The van der Waals surface area contributed by atoms with E-state index in [0.717, 1.165) is 62.2 Å². The first-order valence-corrected chi connectivity index (χ1v) is 15.5. The van der Waals surface area contributed by atoms with Gasteiger partial charge in [0.1, 0.15) is 11.4 Å². The number of rotatable bonds is 6. The highest BCUT2D eigenvalue weighted by Crippen LogP contribution is 2.37. The fourth-order valence-electron chi connectivity index (χ4n) is 5.92. The normalized spacial score (nSPS) is 24.0. The van der Waals surface area contributed by atoms with Gasteiger partial charge < -0.3 is 15.6 Å². The number of hydrazine groups is 1. The van der Waals surface area contributed by atoms with E-state index in [4.69, 9.17) is 4.99 Å². The van der Waals surface area contributed by atoms with Gasteiger partial charge in [-0.1, -0.05) is 25.3 Å². The van der Waals surface area contributed by atoms with Gasteiger partial charge in [-0.15, -0.1) is 0 Å². The van der Waals surface area contributed by atoms with Crippen molar-refractivity contribution in [1.82, 2.24) is 19.5 Å². The number of hydrogen-bond acceptors (Lipinski definition) is 7. The minimum absolute atomic E-state index is 0.0710. The van der Waals surface area contributed by atoms with E-state index < -0.39 is 27.3 Å². The van der Waals surface area contributed by atoms with Gasteiger partial charge in [-0.25, -0.2) is 13.4 Å². The van der Waals surface area contributed by atoms with E-state index >= 15 is 0 Å². The molecule has 5 rings (SSSR count). The quantitative estimate of drug-likeness (QED) is 0.533. The van der Waals surface area contributed by atoms with Crippen LogP contribution in [-0.2, 0) is 21.0 Å². The second kappa shape index (κ2) is 11.4. The van der Waals surface area contributed by atoms with Crippen molar-refractivity contribution in [1.29, 1.82) is 0 Å². The van der Waals surface area contributed by atoms with E-state index in [1.54, 1.807) is 0 Å². The number of nitrogens with zero attached hydrogens (tertiary/aromatic N) is 4. The summed E-state index contributed by atoms with van der Waals surface area (Å²) in [4.78, 5) is 19.8. The molecule has 1 aromatic rings. The van der Waals surface area contributed by atoms with Gasteiger partial charge in [0, 0.05) is 56.3 Å². The Labute approximate surface area is 233 Å². The zero-order valence-corrected chi connectivity index (χ0v) is 23.5. The van der Waals surface area contributed by atoms with Gasteiger partial charge in [0.15, 0.2) is 0 Å². The number of halogens is 3. The Morgan fingerprint density at radius 1 is 1.05 bits per heavy atom. The van der Waals surface area contributed by atoms with Gasteiger partial charge >= 0.3 is 6.18 Å². The summed E-state index contributed by atoms with van der Waals surface area (Å²) in [7, 11) is -2.01. The highest BCUT2D eigenvalue weighted by Gasteiger charge is 2.48. The zero-order valence-electron chi connectivity index (χ0n) is 22.7. The number of nitrogens with one attached hydrogen (secondary N) is 2. The molecule has 1 saturated carbocycles. The first-order chi connectivity index (χ1) is 19.0. The molecule has 1 amide bonds. The fraction of sp³-hybridized carbons (Fsp3) is 0.630. The lowest BCUT2D eigenvalue weighted by Gasteiger charge is -2.34. The van der Waals surface area contributed by atoms with Gasteiger partial charge in [-0.05, 0) is 56.5 Å². The van der Waals surface area contributed by atoms with Crippen LogP contribution < -0.4 is 10.7 Å². The largest absolute Gasteiger partial charge is 0.417 e. The van der Waals surface area contributed by atoms with Crippen molar-refractivity contribution in [3.05, 3.63) is 34.7 Å². The Balaban J connectivity index is 1.26. The third-order valence-electron chi connectivity index (χ3n) is 8.47. The van der Waals surface area contributed by atoms with Crippen molar-refractivity contribution in [3.63, 3.8) is 0 Å². The monoisotopic (exact) mass is 582 g/mol. The third-order valence-corrected chi connectivity index (χ3v) is 10.0. The average Bonchev–Trinajstić information content (AvgIpc) is 3.24. The number of piperidine rings is 1. The Kier molecular flexibility index (Phi) is 8.29. The standard InChI is InChI=1S/C27H37F3N6O3S/c1-34-14-16-35(17-15-34)33-22-8-7-20(23(19-22)27(28,29)30)9-18-40(38,39)36-12-10-26(11-13-36)25(37)31-24(32-26)21-5-3-2-4-6-21/h7-9,18-19,21,33H,2-6,10-17H2,1H3,(H,31,32,37)/b18-9+. The number of hydrogen-bond donors (Lipinski definition) is 2. The predicted octanol–water partition coefficient (Wildman–Crippen LogP) is 3.52. The molecular weight excluding hydrogens is 545 g/mol. The summed E-state index contributed by atoms with van der Waals surface area (Å²) < 4.78 is 69.1. The number of aliphatic imine (C=N–C) groups is 1. The number of benzene rings is 1. The number of amides is 1. The fourth-order valence-corrected chi connectivity index (χ4v) is 7.11. The molecule has 1 aliphatic carbocycles. The summed E-state index contributed by atoms with van der Waals surface area (Å²) in [5.74, 6) is 0.791. The average molecular weight is 583 g/mol. The number of carbonyl (C=O) groups excluding carboxylic acids is 1. The lowest BCUT2D eigenvalue weighted by atomic mass is 9.88. The molecule has 0 atom stereocenters. The molecule has 2 saturated heterocycles. The Hall–Kier alpha value is -2.48. The number of sulfonamides is 1. The van der Waals surface area contributed by atoms with Crippen molar-refractivity contribution in [2.75, 3.05) is 51.7 Å². The minimum atomic E-state index is -4.66. The van der Waals surface area contributed by atoms with E-state index in [1.807, 2.05) is 12.1 Å². The molecule has 9 nitrogen and oxygen atoms in total. The van der Waals surface area contributed by atoms with E-state index in [-0.39, 0.29) is 43.3 Å². The smallest absolute Gasteiger partial charge is 0.319 e. The second-order valence-corrected chi connectivity index (χ2v) is 13.1. The topological polar surface area (TPSA) is 97.3 Å². The lowest BCUT2D eigenvalue weighted by Crippen LogP contribution is -2.50. The summed E-state index contributed by atoms with van der Waals surface area (Å²) >= 11 is 0.